The number of unbranched alkanes of at least 4 members (excludes halogenated alkanes) is 1. The van der Waals surface area contributed by atoms with E-state index in [1.807, 2.05) is 0 Å². The second-order valence-corrected chi connectivity index (χ2v) is 0.854. The monoisotopic (exact) mass is 150 g/mol. The minimum atomic E-state index is 0. The van der Waals surface area contributed by atoms with Gasteiger partial charge in [-0.05, 0) is 0 Å². The van der Waals surface area contributed by atoms with E-state index in [-0.39, 0.29) is 44.0 Å². The first-order valence-electron chi connectivity index (χ1n) is 1.71. The fourth-order valence-electron chi connectivity index (χ4n) is 0. The van der Waals surface area contributed by atoms with Crippen LogP contribution in [0.25, 0.3) is 0 Å². The van der Waals surface area contributed by atoms with Gasteiger partial charge in [0.1, 0.15) is 0 Å². The van der Waals surface area contributed by atoms with E-state index < -0.39 is 0 Å². The molecule has 0 aromatic rings. The van der Waals surface area contributed by atoms with Gasteiger partial charge in [-0.15, -0.1) is 0 Å². The van der Waals surface area contributed by atoms with Gasteiger partial charge in [0.15, 0.2) is 0 Å². The maximum atomic E-state index is 3.60. The van der Waals surface area contributed by atoms with Crippen molar-refractivity contribution in [1.29, 1.82) is 0 Å². The molecule has 0 saturated heterocycles. The molecule has 0 N–H and O–H groups in total. The molecule has 0 heterocycles. The predicted molar refractivity (Wildman–Crippen MR) is 39.5 cm³/mol. The molecule has 0 atom stereocenters. The molecule has 0 nitrogen and oxygen atoms in total. The fraction of sp³-hybridized carbons (Fsp3) is 0.429. The molecule has 0 aliphatic heterocycles. The molecule has 0 saturated carbocycles. The third-order valence-electron chi connectivity index (χ3n) is 0.354. The van der Waals surface area contributed by atoms with Gasteiger partial charge in [0.25, 0.3) is 0 Å². The Kier molecular flexibility index (Phi) is 222. The minimum Gasteiger partial charge on any atom is -0.358 e. The summed E-state index contributed by atoms with van der Waals surface area (Å²) >= 11 is 0. The van der Waals surface area contributed by atoms with E-state index in [0.29, 0.717) is 0 Å². The molecule has 1 heteroatoms. The molecule has 0 unspecified atom stereocenters. The Morgan fingerprint density at radius 1 is 1.12 bits per heavy atom. The smallest absolute Gasteiger partial charge is 0.358 e. The standard InChI is InChI=1S/C4H9.3CH3.Ti/c1-3-4-2;;;;/h1,3-4H2,2H3;3*1H3;/q4*-1;+4. The number of hydrogen-bond acceptors (Lipinski definition) is 0. The molecular weight excluding hydrogens is 132 g/mol. The van der Waals surface area contributed by atoms with Crippen molar-refractivity contribution in [3.8, 4) is 0 Å². The van der Waals surface area contributed by atoms with E-state index in [0.717, 1.165) is 6.42 Å². The quantitative estimate of drug-likeness (QED) is 0.398. The van der Waals surface area contributed by atoms with E-state index in [1.165, 1.54) is 6.42 Å². The van der Waals surface area contributed by atoms with Crippen LogP contribution in [0, 0.1) is 29.2 Å². The molecule has 0 spiro atoms. The van der Waals surface area contributed by atoms with Crippen LogP contribution in [0.2, 0.25) is 0 Å². The molecule has 0 aromatic heterocycles. The van der Waals surface area contributed by atoms with Gasteiger partial charge in [0.05, 0.1) is 0 Å². The van der Waals surface area contributed by atoms with Crippen LogP contribution in [0.4, 0.5) is 0 Å². The minimum absolute atomic E-state index is 0. The molecule has 0 aromatic carbocycles. The van der Waals surface area contributed by atoms with Crippen molar-refractivity contribution in [3.05, 3.63) is 29.2 Å². The van der Waals surface area contributed by atoms with Crippen LogP contribution >= 0.6 is 0 Å². The summed E-state index contributed by atoms with van der Waals surface area (Å²) in [5, 5.41) is 0. The zero-order valence-corrected chi connectivity index (χ0v) is 8.18. The van der Waals surface area contributed by atoms with Crippen LogP contribution in [-0.2, 0) is 21.7 Å². The number of hydrogen-bond donors (Lipinski definition) is 0. The summed E-state index contributed by atoms with van der Waals surface area (Å²) in [6, 6.07) is 0. The Morgan fingerprint density at radius 3 is 1.25 bits per heavy atom. The molecule has 0 amide bonds. The third kappa shape index (κ3) is 74.6. The van der Waals surface area contributed by atoms with Gasteiger partial charge in [-0.3, -0.25) is 0 Å². The molecule has 0 radical (unpaired) electrons. The van der Waals surface area contributed by atoms with Crippen molar-refractivity contribution in [1.82, 2.24) is 0 Å². The zero-order chi connectivity index (χ0) is 3.41. The van der Waals surface area contributed by atoms with Crippen molar-refractivity contribution >= 4 is 0 Å². The first-order valence-corrected chi connectivity index (χ1v) is 1.71. The Balaban J connectivity index is -0.00000000750. The van der Waals surface area contributed by atoms with Crippen molar-refractivity contribution in [2.45, 2.75) is 19.8 Å². The van der Waals surface area contributed by atoms with E-state index in [9.17, 15) is 0 Å². The topological polar surface area (TPSA) is 0 Å². The zero-order valence-electron chi connectivity index (χ0n) is 6.62. The fourth-order valence-corrected chi connectivity index (χ4v) is 0. The second-order valence-electron chi connectivity index (χ2n) is 0.854. The van der Waals surface area contributed by atoms with Crippen molar-refractivity contribution in [3.63, 3.8) is 0 Å². The van der Waals surface area contributed by atoms with Gasteiger partial charge in [0.2, 0.25) is 0 Å². The molecule has 0 aliphatic carbocycles. The number of rotatable bonds is 1. The van der Waals surface area contributed by atoms with Gasteiger partial charge < -0.3 is 29.2 Å². The van der Waals surface area contributed by atoms with E-state index in [2.05, 4.69) is 13.8 Å². The van der Waals surface area contributed by atoms with E-state index >= 15 is 0 Å². The summed E-state index contributed by atoms with van der Waals surface area (Å²) in [4.78, 5) is 0. The summed E-state index contributed by atoms with van der Waals surface area (Å²) in [6.45, 7) is 5.72. The van der Waals surface area contributed by atoms with E-state index in [4.69, 9.17) is 0 Å². The first-order chi connectivity index (χ1) is 1.91. The summed E-state index contributed by atoms with van der Waals surface area (Å²) in [7, 11) is 0. The van der Waals surface area contributed by atoms with Crippen LogP contribution in [-0.4, -0.2) is 0 Å². The van der Waals surface area contributed by atoms with Gasteiger partial charge in [0, 0.05) is 0 Å². The van der Waals surface area contributed by atoms with Crippen molar-refractivity contribution < 1.29 is 21.7 Å². The van der Waals surface area contributed by atoms with Crippen molar-refractivity contribution in [2.24, 2.45) is 0 Å². The maximum Gasteiger partial charge on any atom is 4.00 e. The molecule has 0 fully saturated rings. The molecule has 0 bridgehead atoms. The van der Waals surface area contributed by atoms with Crippen LogP contribution in [0.3, 0.4) is 0 Å². The molecule has 0 rings (SSSR count). The van der Waals surface area contributed by atoms with Crippen LogP contribution < -0.4 is 0 Å². The van der Waals surface area contributed by atoms with Gasteiger partial charge in [-0.25, -0.2) is 0 Å². The first kappa shape index (κ1) is 37.6. The van der Waals surface area contributed by atoms with Gasteiger partial charge in [-0.2, -0.15) is 6.42 Å². The molecule has 0 aliphatic rings. The Morgan fingerprint density at radius 2 is 1.25 bits per heavy atom. The predicted octanol–water partition coefficient (Wildman–Crippen LogP) is 2.97. The summed E-state index contributed by atoms with van der Waals surface area (Å²) in [6.07, 6.45) is 2.28. The van der Waals surface area contributed by atoms with Crippen LogP contribution in [0.1, 0.15) is 19.8 Å². The molecular formula is C7H18Ti. The van der Waals surface area contributed by atoms with Gasteiger partial charge in [-0.1, -0.05) is 13.3 Å². The van der Waals surface area contributed by atoms with Crippen molar-refractivity contribution in [2.75, 3.05) is 0 Å². The molecule has 50 valence electrons. The summed E-state index contributed by atoms with van der Waals surface area (Å²) in [5.41, 5.74) is 0. The normalized spacial score (nSPS) is 3.75. The Bertz CT molecular complexity index is 6.35. The van der Waals surface area contributed by atoms with Crippen LogP contribution in [0.5, 0.6) is 0 Å². The third-order valence-corrected chi connectivity index (χ3v) is 0.354. The average molecular weight is 150 g/mol. The molecule has 8 heavy (non-hydrogen) atoms. The SMILES string of the molecule is [CH2-]CCC.[CH3-].[CH3-].[CH3-].[Ti+4]. The Labute approximate surface area is 71.0 Å². The summed E-state index contributed by atoms with van der Waals surface area (Å²) in [5.74, 6) is 0. The second kappa shape index (κ2) is 47.2. The van der Waals surface area contributed by atoms with Gasteiger partial charge >= 0.3 is 21.7 Å². The maximum absolute atomic E-state index is 3.60. The average Bonchev–Trinajstić information content (AvgIpc) is 1.37. The van der Waals surface area contributed by atoms with E-state index in [1.54, 1.807) is 0 Å². The Hall–Kier alpha value is 0.714. The summed E-state index contributed by atoms with van der Waals surface area (Å²) < 4.78 is 0. The largest absolute Gasteiger partial charge is 4.00 e. The van der Waals surface area contributed by atoms with Crippen LogP contribution in [0.15, 0.2) is 0 Å².